The third-order valence-corrected chi connectivity index (χ3v) is 6.91. The van der Waals surface area contributed by atoms with Gasteiger partial charge in [0.1, 0.15) is 11.7 Å². The molecule has 0 radical (unpaired) electrons. The summed E-state index contributed by atoms with van der Waals surface area (Å²) in [5.74, 6) is 1.05. The first-order chi connectivity index (χ1) is 18.4. The fourth-order valence-electron chi connectivity index (χ4n) is 4.67. The van der Waals surface area contributed by atoms with Gasteiger partial charge in [-0.15, -0.1) is 0 Å². The molecule has 0 aliphatic heterocycles. The number of nitrogens with two attached hydrogens (primary N) is 2. The van der Waals surface area contributed by atoms with Crippen molar-refractivity contribution >= 4 is 22.8 Å². The van der Waals surface area contributed by atoms with Crippen LogP contribution in [0.15, 0.2) is 66.7 Å². The number of nitrogens with one attached hydrogen (secondary N) is 1. The molecule has 1 amide bonds. The second-order valence-corrected chi connectivity index (χ2v) is 9.85. The predicted molar refractivity (Wildman–Crippen MR) is 155 cm³/mol. The van der Waals surface area contributed by atoms with Crippen molar-refractivity contribution in [1.82, 2.24) is 14.5 Å². The third-order valence-electron chi connectivity index (χ3n) is 6.91. The number of aromatic nitrogens is 2. The zero-order valence-corrected chi connectivity index (χ0v) is 22.4. The number of hydrogen-bond donors (Lipinski definition) is 3. The first kappa shape index (κ1) is 27.1. The molecule has 4 rings (SSSR count). The molecule has 38 heavy (non-hydrogen) atoms. The molecule has 7 nitrogen and oxygen atoms in total. The molecule has 1 heterocycles. The van der Waals surface area contributed by atoms with E-state index in [2.05, 4.69) is 42.7 Å². The highest BCUT2D eigenvalue weighted by Crippen LogP contribution is 2.22. The van der Waals surface area contributed by atoms with Gasteiger partial charge in [-0.3, -0.25) is 10.2 Å². The van der Waals surface area contributed by atoms with Crippen LogP contribution in [0, 0.1) is 12.3 Å². The van der Waals surface area contributed by atoms with Gasteiger partial charge in [0, 0.05) is 43.7 Å². The van der Waals surface area contributed by atoms with Crippen LogP contribution in [0.2, 0.25) is 0 Å². The van der Waals surface area contributed by atoms with Gasteiger partial charge in [0.25, 0.3) is 5.91 Å². The third kappa shape index (κ3) is 6.47. The lowest BCUT2D eigenvalue weighted by molar-refractivity contribution is 0.0758. The summed E-state index contributed by atoms with van der Waals surface area (Å²) in [4.78, 5) is 20.2. The fourth-order valence-corrected chi connectivity index (χ4v) is 4.67. The number of imidazole rings is 1. The van der Waals surface area contributed by atoms with Crippen molar-refractivity contribution in [3.8, 4) is 0 Å². The highest BCUT2D eigenvalue weighted by atomic mass is 16.2. The quantitative estimate of drug-likeness (QED) is 0.190. The van der Waals surface area contributed by atoms with Gasteiger partial charge in [0.2, 0.25) is 0 Å². The number of fused-ring (bicyclic) bond motifs is 1. The zero-order valence-electron chi connectivity index (χ0n) is 22.4. The smallest absolute Gasteiger partial charge is 0.253 e. The summed E-state index contributed by atoms with van der Waals surface area (Å²) in [5.41, 5.74) is 18.2. The van der Waals surface area contributed by atoms with Crippen molar-refractivity contribution in [2.75, 3.05) is 19.6 Å². The first-order valence-corrected chi connectivity index (χ1v) is 13.4. The number of benzene rings is 3. The number of carbonyl (C=O) groups is 1. The molecule has 198 valence electrons. The van der Waals surface area contributed by atoms with Gasteiger partial charge in [-0.25, -0.2) is 4.98 Å². The predicted octanol–water partition coefficient (Wildman–Crippen LogP) is 4.66. The Morgan fingerprint density at radius 1 is 0.947 bits per heavy atom. The Hall–Kier alpha value is -3.97. The van der Waals surface area contributed by atoms with E-state index in [1.807, 2.05) is 47.4 Å². The maximum Gasteiger partial charge on any atom is 0.253 e. The molecule has 0 unspecified atom stereocenters. The topological polar surface area (TPSA) is 114 Å². The standard InChI is InChI=1S/C31H38N6O/c1-3-4-18-36(19-17-32)31(38)26-14-15-28-27(20-26)35-29(37(28)21-24-7-5-22(2)6-8-24)16-11-23-9-12-25(13-10-23)30(33)34/h5-10,12-15,20H,3-4,11,16-19,21,32H2,1-2H3,(H3,33,34). The summed E-state index contributed by atoms with van der Waals surface area (Å²) >= 11 is 0. The van der Waals surface area contributed by atoms with Crippen molar-refractivity contribution < 1.29 is 4.79 Å². The van der Waals surface area contributed by atoms with Crippen LogP contribution in [0.25, 0.3) is 11.0 Å². The molecule has 0 spiro atoms. The lowest BCUT2D eigenvalue weighted by Crippen LogP contribution is -2.36. The molecule has 0 aliphatic carbocycles. The number of carbonyl (C=O) groups excluding carboxylic acids is 1. The molecular formula is C31H38N6O. The molecule has 0 atom stereocenters. The minimum absolute atomic E-state index is 0.00555. The average molecular weight is 511 g/mol. The second-order valence-electron chi connectivity index (χ2n) is 9.85. The molecule has 0 bridgehead atoms. The molecule has 0 aliphatic rings. The van der Waals surface area contributed by atoms with Crippen molar-refractivity contribution in [1.29, 1.82) is 5.41 Å². The number of unbranched alkanes of at least 4 members (excludes halogenated alkanes) is 1. The molecule has 0 saturated heterocycles. The molecule has 1 aromatic heterocycles. The second kappa shape index (κ2) is 12.5. The molecule has 7 heteroatoms. The molecule has 3 aromatic carbocycles. The van der Waals surface area contributed by atoms with E-state index in [0.717, 1.165) is 53.7 Å². The summed E-state index contributed by atoms with van der Waals surface area (Å²) in [6.07, 6.45) is 3.54. The summed E-state index contributed by atoms with van der Waals surface area (Å²) in [6, 6.07) is 22.2. The summed E-state index contributed by atoms with van der Waals surface area (Å²) in [5, 5.41) is 7.61. The number of rotatable bonds is 12. The van der Waals surface area contributed by atoms with E-state index in [-0.39, 0.29) is 11.7 Å². The van der Waals surface area contributed by atoms with E-state index in [0.29, 0.717) is 31.7 Å². The van der Waals surface area contributed by atoms with Crippen LogP contribution in [-0.2, 0) is 19.4 Å². The first-order valence-electron chi connectivity index (χ1n) is 13.4. The minimum atomic E-state index is 0.00555. The van der Waals surface area contributed by atoms with Crippen LogP contribution >= 0.6 is 0 Å². The van der Waals surface area contributed by atoms with Gasteiger partial charge in [-0.05, 0) is 49.1 Å². The van der Waals surface area contributed by atoms with E-state index in [9.17, 15) is 4.79 Å². The van der Waals surface area contributed by atoms with Gasteiger partial charge in [-0.2, -0.15) is 0 Å². The Morgan fingerprint density at radius 2 is 1.63 bits per heavy atom. The summed E-state index contributed by atoms with van der Waals surface area (Å²) in [7, 11) is 0. The van der Waals surface area contributed by atoms with Gasteiger partial charge in [0.15, 0.2) is 0 Å². The Kier molecular flexibility index (Phi) is 8.92. The van der Waals surface area contributed by atoms with Crippen LogP contribution in [0.1, 0.15) is 58.2 Å². The maximum absolute atomic E-state index is 13.3. The SMILES string of the molecule is CCCCN(CCN)C(=O)c1ccc2c(c1)nc(CCc1ccc(C(=N)N)cc1)n2Cc1ccc(C)cc1. The average Bonchev–Trinajstić information content (AvgIpc) is 3.27. The number of hydrogen-bond acceptors (Lipinski definition) is 4. The molecule has 0 saturated carbocycles. The Balaban J connectivity index is 1.65. The van der Waals surface area contributed by atoms with Gasteiger partial charge < -0.3 is 20.9 Å². The van der Waals surface area contributed by atoms with Crippen molar-refractivity contribution in [2.45, 2.75) is 46.1 Å². The normalized spacial score (nSPS) is 11.1. The van der Waals surface area contributed by atoms with Gasteiger partial charge in [-0.1, -0.05) is 67.4 Å². The van der Waals surface area contributed by atoms with Crippen molar-refractivity contribution in [3.05, 3.63) is 100 Å². The van der Waals surface area contributed by atoms with Crippen molar-refractivity contribution in [3.63, 3.8) is 0 Å². The zero-order chi connectivity index (χ0) is 27.1. The maximum atomic E-state index is 13.3. The summed E-state index contributed by atoms with van der Waals surface area (Å²) in [6.45, 7) is 6.62. The lowest BCUT2D eigenvalue weighted by Gasteiger charge is -2.22. The number of nitrogen functional groups attached to an aromatic ring is 1. The van der Waals surface area contributed by atoms with Crippen LogP contribution < -0.4 is 11.5 Å². The van der Waals surface area contributed by atoms with Crippen molar-refractivity contribution in [2.24, 2.45) is 11.5 Å². The Bertz CT molecular complexity index is 1390. The van der Waals surface area contributed by atoms with E-state index >= 15 is 0 Å². The van der Waals surface area contributed by atoms with E-state index in [1.165, 1.54) is 11.1 Å². The number of amides is 1. The highest BCUT2D eigenvalue weighted by molar-refractivity contribution is 5.97. The Labute approximate surface area is 225 Å². The van der Waals surface area contributed by atoms with Crippen LogP contribution in [-0.4, -0.2) is 45.8 Å². The molecule has 4 aromatic rings. The van der Waals surface area contributed by atoms with Gasteiger partial charge in [0.05, 0.1) is 11.0 Å². The largest absolute Gasteiger partial charge is 0.384 e. The minimum Gasteiger partial charge on any atom is -0.384 e. The molecule has 5 N–H and O–H groups in total. The van der Waals surface area contributed by atoms with Crippen LogP contribution in [0.3, 0.4) is 0 Å². The number of amidine groups is 1. The van der Waals surface area contributed by atoms with E-state index in [1.54, 1.807) is 0 Å². The fraction of sp³-hybridized carbons (Fsp3) is 0.323. The monoisotopic (exact) mass is 510 g/mol. The van der Waals surface area contributed by atoms with Gasteiger partial charge >= 0.3 is 0 Å². The highest BCUT2D eigenvalue weighted by Gasteiger charge is 2.18. The van der Waals surface area contributed by atoms with E-state index in [4.69, 9.17) is 21.9 Å². The van der Waals surface area contributed by atoms with E-state index < -0.39 is 0 Å². The molecular weight excluding hydrogens is 472 g/mol. The number of nitrogens with zero attached hydrogens (tertiary/aromatic N) is 3. The van der Waals surface area contributed by atoms with Crippen LogP contribution in [0.5, 0.6) is 0 Å². The molecule has 0 fully saturated rings. The lowest BCUT2D eigenvalue weighted by atomic mass is 10.1. The summed E-state index contributed by atoms with van der Waals surface area (Å²) < 4.78 is 2.26. The number of aryl methyl sites for hydroxylation is 3. The van der Waals surface area contributed by atoms with Crippen LogP contribution in [0.4, 0.5) is 0 Å². The Morgan fingerprint density at radius 3 is 2.29 bits per heavy atom.